The first kappa shape index (κ1) is 12.6. The molecule has 0 saturated carbocycles. The lowest BCUT2D eigenvalue weighted by Crippen LogP contribution is -2.21. The van der Waals surface area contributed by atoms with Crippen LogP contribution in [-0.4, -0.2) is 16.3 Å². The number of benzene rings is 1. The number of hydrogen-bond donors (Lipinski definition) is 1. The van der Waals surface area contributed by atoms with Crippen LogP contribution < -0.4 is 0 Å². The number of alkyl halides is 3. The summed E-state index contributed by atoms with van der Waals surface area (Å²) in [6.07, 6.45) is -6.00. The van der Waals surface area contributed by atoms with Gasteiger partial charge >= 0.3 is 6.18 Å². The molecule has 0 saturated heterocycles. The molecule has 18 heavy (non-hydrogen) atoms. The van der Waals surface area contributed by atoms with Gasteiger partial charge < -0.3 is 5.11 Å². The summed E-state index contributed by atoms with van der Waals surface area (Å²) in [5, 5.41) is 9.14. The van der Waals surface area contributed by atoms with Gasteiger partial charge in [-0.2, -0.15) is 13.2 Å². The fraction of sp³-hybridized carbons (Fsp3) is 0.154. The molecule has 2 rings (SSSR count). The summed E-state index contributed by atoms with van der Waals surface area (Å²) in [5.74, 6) is 0. The molecule has 1 atom stereocenters. The quantitative estimate of drug-likeness (QED) is 0.890. The van der Waals surface area contributed by atoms with Crippen molar-refractivity contribution in [3.05, 3.63) is 54.4 Å². The van der Waals surface area contributed by atoms with Crippen LogP contribution in [0, 0.1) is 0 Å². The van der Waals surface area contributed by atoms with Gasteiger partial charge in [0.2, 0.25) is 0 Å². The average Bonchev–Trinajstić information content (AvgIpc) is 2.38. The van der Waals surface area contributed by atoms with E-state index in [0.29, 0.717) is 5.56 Å². The molecule has 0 bridgehead atoms. The van der Waals surface area contributed by atoms with Crippen molar-refractivity contribution in [1.29, 1.82) is 0 Å². The molecule has 0 aliphatic rings. The summed E-state index contributed by atoms with van der Waals surface area (Å²) in [6, 6.07) is 11.8. The van der Waals surface area contributed by atoms with E-state index in [4.69, 9.17) is 5.11 Å². The molecule has 1 heterocycles. The molecule has 0 fully saturated rings. The predicted molar refractivity (Wildman–Crippen MR) is 60.7 cm³/mol. The Morgan fingerprint density at radius 2 is 1.67 bits per heavy atom. The minimum Gasteiger partial charge on any atom is -0.378 e. The SMILES string of the molecule is OC(c1cc(-c2ccccc2)ccn1)C(F)(F)F. The smallest absolute Gasteiger partial charge is 0.378 e. The average molecular weight is 253 g/mol. The third kappa shape index (κ3) is 2.68. The summed E-state index contributed by atoms with van der Waals surface area (Å²) in [7, 11) is 0. The number of aromatic nitrogens is 1. The van der Waals surface area contributed by atoms with Crippen molar-refractivity contribution < 1.29 is 18.3 Å². The predicted octanol–water partition coefficient (Wildman–Crippen LogP) is 3.34. The van der Waals surface area contributed by atoms with Crippen LogP contribution in [0.2, 0.25) is 0 Å². The van der Waals surface area contributed by atoms with Gasteiger partial charge in [0.25, 0.3) is 0 Å². The Hall–Kier alpha value is -1.88. The van der Waals surface area contributed by atoms with E-state index in [1.807, 2.05) is 6.07 Å². The van der Waals surface area contributed by atoms with Crippen molar-refractivity contribution in [2.45, 2.75) is 12.3 Å². The van der Waals surface area contributed by atoms with E-state index in [-0.39, 0.29) is 0 Å². The molecule has 0 amide bonds. The van der Waals surface area contributed by atoms with Crippen LogP contribution in [0.1, 0.15) is 11.8 Å². The van der Waals surface area contributed by atoms with E-state index in [1.165, 1.54) is 12.3 Å². The Labute approximate surface area is 102 Å². The largest absolute Gasteiger partial charge is 0.420 e. The molecule has 1 aromatic carbocycles. The minimum atomic E-state index is -4.71. The molecule has 1 aromatic heterocycles. The monoisotopic (exact) mass is 253 g/mol. The molecule has 0 aliphatic carbocycles. The van der Waals surface area contributed by atoms with Crippen molar-refractivity contribution in [2.24, 2.45) is 0 Å². The van der Waals surface area contributed by atoms with Crippen molar-refractivity contribution in [1.82, 2.24) is 4.98 Å². The number of hydrogen-bond acceptors (Lipinski definition) is 2. The van der Waals surface area contributed by atoms with E-state index in [9.17, 15) is 13.2 Å². The molecule has 2 nitrogen and oxygen atoms in total. The number of aliphatic hydroxyl groups is 1. The van der Waals surface area contributed by atoms with Gasteiger partial charge in [0, 0.05) is 6.20 Å². The first-order valence-corrected chi connectivity index (χ1v) is 5.24. The summed E-state index contributed by atoms with van der Waals surface area (Å²) >= 11 is 0. The van der Waals surface area contributed by atoms with E-state index < -0.39 is 18.0 Å². The Kier molecular flexibility index (Phi) is 3.34. The maximum Gasteiger partial charge on any atom is 0.420 e. The molecule has 94 valence electrons. The highest BCUT2D eigenvalue weighted by molar-refractivity contribution is 5.63. The van der Waals surface area contributed by atoms with Crippen molar-refractivity contribution >= 4 is 0 Å². The lowest BCUT2D eigenvalue weighted by Gasteiger charge is -2.14. The second kappa shape index (κ2) is 4.78. The number of aliphatic hydroxyl groups excluding tert-OH is 1. The number of rotatable bonds is 2. The highest BCUT2D eigenvalue weighted by Crippen LogP contribution is 2.32. The van der Waals surface area contributed by atoms with Gasteiger partial charge in [0.15, 0.2) is 6.10 Å². The van der Waals surface area contributed by atoms with Crippen molar-refractivity contribution in [3.63, 3.8) is 0 Å². The molecule has 2 aromatic rings. The Morgan fingerprint density at radius 1 is 1.00 bits per heavy atom. The highest BCUT2D eigenvalue weighted by Gasteiger charge is 2.40. The number of nitrogens with zero attached hydrogens (tertiary/aromatic N) is 1. The van der Waals surface area contributed by atoms with Crippen molar-refractivity contribution in [3.8, 4) is 11.1 Å². The van der Waals surface area contributed by atoms with E-state index >= 15 is 0 Å². The molecular formula is C13H10F3NO. The van der Waals surface area contributed by atoms with Crippen LogP contribution >= 0.6 is 0 Å². The van der Waals surface area contributed by atoms with Gasteiger partial charge in [-0.15, -0.1) is 0 Å². The highest BCUT2D eigenvalue weighted by atomic mass is 19.4. The van der Waals surface area contributed by atoms with Crippen LogP contribution in [0.15, 0.2) is 48.7 Å². The van der Waals surface area contributed by atoms with Crippen LogP contribution in [0.3, 0.4) is 0 Å². The zero-order valence-corrected chi connectivity index (χ0v) is 9.22. The zero-order valence-electron chi connectivity index (χ0n) is 9.22. The molecule has 5 heteroatoms. The summed E-state index contributed by atoms with van der Waals surface area (Å²) in [4.78, 5) is 3.56. The van der Waals surface area contributed by atoms with E-state index in [2.05, 4.69) is 4.98 Å². The van der Waals surface area contributed by atoms with Crippen LogP contribution in [0.25, 0.3) is 11.1 Å². The second-order valence-electron chi connectivity index (χ2n) is 3.78. The molecule has 1 unspecified atom stereocenters. The van der Waals surface area contributed by atoms with E-state index in [0.717, 1.165) is 5.56 Å². The summed E-state index contributed by atoms with van der Waals surface area (Å²) in [6.45, 7) is 0. The molecule has 1 N–H and O–H groups in total. The van der Waals surface area contributed by atoms with Crippen LogP contribution in [-0.2, 0) is 0 Å². The summed E-state index contributed by atoms with van der Waals surface area (Å²) < 4.78 is 37.1. The lowest BCUT2D eigenvalue weighted by molar-refractivity contribution is -0.207. The fourth-order valence-electron chi connectivity index (χ4n) is 1.58. The summed E-state index contributed by atoms with van der Waals surface area (Å²) in [5.41, 5.74) is 0.961. The third-order valence-corrected chi connectivity index (χ3v) is 2.48. The van der Waals surface area contributed by atoms with Gasteiger partial charge in [0.1, 0.15) is 0 Å². The Bertz CT molecular complexity index is 525. The molecule has 0 radical (unpaired) electrons. The Morgan fingerprint density at radius 3 is 2.28 bits per heavy atom. The molecule has 0 spiro atoms. The standard InChI is InChI=1S/C13H10F3NO/c14-13(15,16)12(18)11-8-10(6-7-17-11)9-4-2-1-3-5-9/h1-8,12,18H. The number of pyridine rings is 1. The normalized spacial score (nSPS) is 13.3. The second-order valence-corrected chi connectivity index (χ2v) is 3.78. The lowest BCUT2D eigenvalue weighted by atomic mass is 10.0. The molecule has 0 aliphatic heterocycles. The first-order chi connectivity index (χ1) is 8.48. The molecular weight excluding hydrogens is 243 g/mol. The van der Waals surface area contributed by atoms with Crippen LogP contribution in [0.4, 0.5) is 13.2 Å². The van der Waals surface area contributed by atoms with Gasteiger partial charge in [0.05, 0.1) is 5.69 Å². The Balaban J connectivity index is 2.37. The minimum absolute atomic E-state index is 0.399. The third-order valence-electron chi connectivity index (χ3n) is 2.48. The van der Waals surface area contributed by atoms with Gasteiger partial charge in [-0.3, -0.25) is 4.98 Å². The zero-order chi connectivity index (χ0) is 13.2. The van der Waals surface area contributed by atoms with Gasteiger partial charge in [-0.05, 0) is 23.3 Å². The van der Waals surface area contributed by atoms with Gasteiger partial charge in [-0.25, -0.2) is 0 Å². The van der Waals surface area contributed by atoms with Gasteiger partial charge in [-0.1, -0.05) is 30.3 Å². The fourth-order valence-corrected chi connectivity index (χ4v) is 1.58. The maximum absolute atomic E-state index is 12.4. The topological polar surface area (TPSA) is 33.1 Å². The maximum atomic E-state index is 12.4. The number of halogens is 3. The van der Waals surface area contributed by atoms with E-state index in [1.54, 1.807) is 30.3 Å². The van der Waals surface area contributed by atoms with Crippen LogP contribution in [0.5, 0.6) is 0 Å². The first-order valence-electron chi connectivity index (χ1n) is 5.24. The van der Waals surface area contributed by atoms with Crippen molar-refractivity contribution in [2.75, 3.05) is 0 Å².